The van der Waals surface area contributed by atoms with Crippen LogP contribution in [-0.2, 0) is 18.3 Å². The van der Waals surface area contributed by atoms with Crippen molar-refractivity contribution >= 4 is 5.97 Å². The summed E-state index contributed by atoms with van der Waals surface area (Å²) < 4.78 is 32.5. The number of imidazole rings is 1. The molecule has 2 rings (SSSR count). The van der Waals surface area contributed by atoms with Crippen LogP contribution in [0.3, 0.4) is 0 Å². The van der Waals surface area contributed by atoms with Gasteiger partial charge in [-0.25, -0.2) is 23.2 Å². The number of halogens is 2. The average molecular weight is 285 g/mol. The van der Waals surface area contributed by atoms with Crippen molar-refractivity contribution in [1.29, 1.82) is 0 Å². The van der Waals surface area contributed by atoms with E-state index in [-0.39, 0.29) is 18.0 Å². The number of esters is 1. The Morgan fingerprint density at radius 3 is 2.80 bits per heavy atom. The van der Waals surface area contributed by atoms with Crippen LogP contribution in [0.25, 0.3) is 11.5 Å². The van der Waals surface area contributed by atoms with E-state index in [1.54, 1.807) is 24.7 Å². The minimum atomic E-state index is -2.62. The van der Waals surface area contributed by atoms with Gasteiger partial charge in [0.05, 0.1) is 6.61 Å². The van der Waals surface area contributed by atoms with Crippen molar-refractivity contribution < 1.29 is 18.3 Å². The Hall–Kier alpha value is -2.32. The van der Waals surface area contributed by atoms with Gasteiger partial charge in [-0.2, -0.15) is 0 Å². The van der Waals surface area contributed by atoms with Crippen LogP contribution in [0.1, 0.15) is 17.4 Å². The van der Waals surface area contributed by atoms with Crippen molar-refractivity contribution in [3.8, 4) is 11.5 Å². The zero-order valence-corrected chi connectivity index (χ0v) is 11.0. The molecule has 0 amide bonds. The second-order valence-electron chi connectivity index (χ2n) is 3.94. The third kappa shape index (κ3) is 2.65. The number of alkyl halides is 2. The second kappa shape index (κ2) is 5.76. The van der Waals surface area contributed by atoms with Gasteiger partial charge in [0.1, 0.15) is 12.2 Å². The highest BCUT2D eigenvalue weighted by Gasteiger charge is 2.26. The lowest BCUT2D eigenvalue weighted by Gasteiger charge is -2.07. The fourth-order valence-electron chi connectivity index (χ4n) is 1.72. The monoisotopic (exact) mass is 285 g/mol. The second-order valence-corrected chi connectivity index (χ2v) is 3.94. The zero-order valence-electron chi connectivity index (χ0n) is 11.0. The number of nitrogens with zero attached hydrogens (tertiary/aromatic N) is 5. The van der Waals surface area contributed by atoms with Crippen LogP contribution in [0, 0.1) is 0 Å². The van der Waals surface area contributed by atoms with Gasteiger partial charge in [0, 0.05) is 19.4 Å². The van der Waals surface area contributed by atoms with Gasteiger partial charge in [-0.05, 0) is 6.92 Å². The summed E-state index contributed by atoms with van der Waals surface area (Å²) in [7, 11) is 1.68. The summed E-state index contributed by atoms with van der Waals surface area (Å²) in [5, 5.41) is 7.23. The van der Waals surface area contributed by atoms with E-state index >= 15 is 0 Å². The molecule has 7 nitrogen and oxygen atoms in total. The van der Waals surface area contributed by atoms with Crippen LogP contribution in [0.2, 0.25) is 0 Å². The predicted octanol–water partition coefficient (Wildman–Crippen LogP) is 1.12. The van der Waals surface area contributed by atoms with Crippen LogP contribution >= 0.6 is 0 Å². The predicted molar refractivity (Wildman–Crippen MR) is 64.2 cm³/mol. The third-order valence-corrected chi connectivity index (χ3v) is 2.55. The molecule has 9 heteroatoms. The molecule has 0 saturated carbocycles. The topological polar surface area (TPSA) is 74.8 Å². The molecule has 0 N–H and O–H groups in total. The molecular weight excluding hydrogens is 272 g/mol. The fraction of sp³-hybridized carbons (Fsp3) is 0.455. The average Bonchev–Trinajstić information content (AvgIpc) is 2.95. The van der Waals surface area contributed by atoms with Gasteiger partial charge in [-0.3, -0.25) is 0 Å². The summed E-state index contributed by atoms with van der Waals surface area (Å²) in [4.78, 5) is 15.8. The zero-order chi connectivity index (χ0) is 14.7. The molecule has 0 aliphatic rings. The molecule has 0 radical (unpaired) electrons. The van der Waals surface area contributed by atoms with Crippen molar-refractivity contribution in [2.24, 2.45) is 7.05 Å². The minimum Gasteiger partial charge on any atom is -0.461 e. The SMILES string of the molecule is CCOC(=O)c1nnn(CC(F)F)c1-c1nccn1C. The molecule has 2 aromatic heterocycles. The molecule has 2 aromatic rings. The number of ether oxygens (including phenoxy) is 1. The molecule has 0 aliphatic heterocycles. The van der Waals surface area contributed by atoms with E-state index in [1.807, 2.05) is 0 Å². The van der Waals surface area contributed by atoms with Gasteiger partial charge >= 0.3 is 5.97 Å². The lowest BCUT2D eigenvalue weighted by atomic mass is 10.3. The number of hydrogen-bond donors (Lipinski definition) is 0. The van der Waals surface area contributed by atoms with Gasteiger partial charge in [0.2, 0.25) is 5.69 Å². The Labute approximate surface area is 113 Å². The van der Waals surface area contributed by atoms with Crippen LogP contribution in [-0.4, -0.2) is 43.5 Å². The first kappa shape index (κ1) is 14.1. The quantitative estimate of drug-likeness (QED) is 0.770. The summed E-state index contributed by atoms with van der Waals surface area (Å²) in [6.45, 7) is 1.12. The maximum absolute atomic E-state index is 12.6. The summed E-state index contributed by atoms with van der Waals surface area (Å²) in [6, 6.07) is 0. The minimum absolute atomic E-state index is 0.122. The van der Waals surface area contributed by atoms with Crippen LogP contribution in [0.15, 0.2) is 12.4 Å². The first-order valence-corrected chi connectivity index (χ1v) is 5.91. The van der Waals surface area contributed by atoms with Gasteiger partial charge in [0.25, 0.3) is 6.43 Å². The van der Waals surface area contributed by atoms with Crippen molar-refractivity contribution in [3.05, 3.63) is 18.1 Å². The molecule has 0 fully saturated rings. The molecule has 0 atom stereocenters. The molecule has 0 saturated heterocycles. The maximum Gasteiger partial charge on any atom is 0.361 e. The Morgan fingerprint density at radius 2 is 2.25 bits per heavy atom. The summed E-state index contributed by atoms with van der Waals surface area (Å²) in [5.41, 5.74) is -0.00181. The molecule has 2 heterocycles. The molecule has 0 unspecified atom stereocenters. The van der Waals surface area contributed by atoms with E-state index < -0.39 is 18.9 Å². The summed E-state index contributed by atoms with van der Waals surface area (Å²) in [5.74, 6) is -0.398. The van der Waals surface area contributed by atoms with Gasteiger partial charge in [-0.1, -0.05) is 5.21 Å². The Balaban J connectivity index is 2.51. The smallest absolute Gasteiger partial charge is 0.361 e. The molecule has 0 aliphatic carbocycles. The first-order chi connectivity index (χ1) is 9.54. The van der Waals surface area contributed by atoms with Gasteiger partial charge in [0.15, 0.2) is 5.82 Å². The Bertz CT molecular complexity index is 608. The maximum atomic E-state index is 12.6. The van der Waals surface area contributed by atoms with E-state index in [0.29, 0.717) is 5.82 Å². The van der Waals surface area contributed by atoms with E-state index in [2.05, 4.69) is 15.3 Å². The van der Waals surface area contributed by atoms with Crippen molar-refractivity contribution in [2.75, 3.05) is 6.61 Å². The lowest BCUT2D eigenvalue weighted by molar-refractivity contribution is 0.0520. The standard InChI is InChI=1S/C11H13F2N5O2/c1-3-20-11(19)8-9(10-14-4-5-17(10)2)18(16-15-8)6-7(12)13/h4-5,7H,3,6H2,1-2H3. The van der Waals surface area contributed by atoms with Gasteiger partial charge < -0.3 is 9.30 Å². The van der Waals surface area contributed by atoms with Crippen molar-refractivity contribution in [1.82, 2.24) is 24.5 Å². The highest BCUT2D eigenvalue weighted by Crippen LogP contribution is 2.21. The highest BCUT2D eigenvalue weighted by atomic mass is 19.3. The highest BCUT2D eigenvalue weighted by molar-refractivity contribution is 5.93. The van der Waals surface area contributed by atoms with E-state index in [0.717, 1.165) is 4.68 Å². The number of carbonyl (C=O) groups excluding carboxylic acids is 1. The number of aryl methyl sites for hydroxylation is 1. The lowest BCUT2D eigenvalue weighted by Crippen LogP contribution is -2.13. The molecular formula is C11H13F2N5O2. The van der Waals surface area contributed by atoms with Crippen molar-refractivity contribution in [2.45, 2.75) is 19.9 Å². The third-order valence-electron chi connectivity index (χ3n) is 2.55. The Kier molecular flexibility index (Phi) is 4.06. The van der Waals surface area contributed by atoms with E-state index in [9.17, 15) is 13.6 Å². The van der Waals surface area contributed by atoms with Gasteiger partial charge in [-0.15, -0.1) is 5.10 Å². The molecule has 0 aromatic carbocycles. The summed E-state index contributed by atoms with van der Waals surface area (Å²) >= 11 is 0. The molecule has 108 valence electrons. The molecule has 0 bridgehead atoms. The number of hydrogen-bond acceptors (Lipinski definition) is 5. The molecule has 20 heavy (non-hydrogen) atoms. The molecule has 0 spiro atoms. The number of carbonyl (C=O) groups is 1. The number of rotatable bonds is 5. The largest absolute Gasteiger partial charge is 0.461 e. The van der Waals surface area contributed by atoms with Crippen molar-refractivity contribution in [3.63, 3.8) is 0 Å². The Morgan fingerprint density at radius 1 is 1.50 bits per heavy atom. The van der Waals surface area contributed by atoms with Crippen LogP contribution < -0.4 is 0 Å². The normalized spacial score (nSPS) is 11.1. The van der Waals surface area contributed by atoms with Crippen LogP contribution in [0.4, 0.5) is 8.78 Å². The fourth-order valence-corrected chi connectivity index (χ4v) is 1.72. The van der Waals surface area contributed by atoms with E-state index in [1.165, 1.54) is 6.20 Å². The number of aromatic nitrogens is 5. The van der Waals surface area contributed by atoms with E-state index in [4.69, 9.17) is 4.74 Å². The first-order valence-electron chi connectivity index (χ1n) is 5.91. The van der Waals surface area contributed by atoms with Crippen LogP contribution in [0.5, 0.6) is 0 Å². The summed E-state index contributed by atoms with van der Waals surface area (Å²) in [6.07, 6.45) is 0.499.